The van der Waals surface area contributed by atoms with E-state index in [0.29, 0.717) is 66.4 Å². The summed E-state index contributed by atoms with van der Waals surface area (Å²) in [6, 6.07) is 28.4. The highest BCUT2D eigenvalue weighted by molar-refractivity contribution is 6.06. The van der Waals surface area contributed by atoms with Crippen molar-refractivity contribution in [1.29, 1.82) is 0 Å². The molecule has 0 spiro atoms. The van der Waals surface area contributed by atoms with Crippen LogP contribution in [-0.2, 0) is 24.2 Å². The zero-order valence-corrected chi connectivity index (χ0v) is 25.7. The molecular formula is C37H38N2O6. The lowest BCUT2D eigenvalue weighted by molar-refractivity contribution is -0.137. The fourth-order valence-electron chi connectivity index (χ4n) is 5.77. The van der Waals surface area contributed by atoms with E-state index >= 15 is 0 Å². The van der Waals surface area contributed by atoms with E-state index in [0.717, 1.165) is 17.5 Å². The number of nitrogens with zero attached hydrogens (tertiary/aromatic N) is 2. The van der Waals surface area contributed by atoms with E-state index in [4.69, 9.17) is 9.47 Å². The van der Waals surface area contributed by atoms with Crippen molar-refractivity contribution in [2.24, 2.45) is 0 Å². The van der Waals surface area contributed by atoms with Gasteiger partial charge in [0.15, 0.2) is 11.5 Å². The van der Waals surface area contributed by atoms with Crippen LogP contribution in [0.5, 0.6) is 11.5 Å². The van der Waals surface area contributed by atoms with E-state index in [9.17, 15) is 19.5 Å². The maximum Gasteiger partial charge on any atom is 0.305 e. The number of ether oxygens (including phenoxy) is 2. The molecule has 1 heterocycles. The molecular weight excluding hydrogens is 568 g/mol. The molecule has 2 amide bonds. The van der Waals surface area contributed by atoms with Crippen LogP contribution >= 0.6 is 0 Å². The van der Waals surface area contributed by atoms with E-state index in [1.807, 2.05) is 72.5 Å². The summed E-state index contributed by atoms with van der Waals surface area (Å²) in [7, 11) is 1.58. The van der Waals surface area contributed by atoms with Crippen LogP contribution in [0.15, 0.2) is 91.0 Å². The minimum Gasteiger partial charge on any atom is -0.493 e. The van der Waals surface area contributed by atoms with Gasteiger partial charge in [-0.3, -0.25) is 14.4 Å². The molecule has 4 aromatic carbocycles. The first kappa shape index (κ1) is 31.3. The number of aliphatic carboxylic acids is 1. The largest absolute Gasteiger partial charge is 0.493 e. The van der Waals surface area contributed by atoms with Crippen molar-refractivity contribution in [2.75, 3.05) is 33.4 Å². The van der Waals surface area contributed by atoms with E-state index in [2.05, 4.69) is 12.1 Å². The second-order valence-corrected chi connectivity index (χ2v) is 10.9. The Kier molecular flexibility index (Phi) is 10.1. The lowest BCUT2D eigenvalue weighted by Gasteiger charge is -2.30. The molecule has 4 aromatic rings. The Morgan fingerprint density at radius 2 is 1.49 bits per heavy atom. The zero-order chi connectivity index (χ0) is 31.8. The van der Waals surface area contributed by atoms with Gasteiger partial charge in [0, 0.05) is 37.3 Å². The fraction of sp³-hybridized carbons (Fsp3) is 0.270. The molecule has 5 rings (SSSR count). The molecule has 0 aromatic heterocycles. The van der Waals surface area contributed by atoms with Crippen LogP contribution in [-0.4, -0.2) is 66.0 Å². The average molecular weight is 607 g/mol. The third-order valence-electron chi connectivity index (χ3n) is 8.10. The Morgan fingerprint density at radius 3 is 2.20 bits per heavy atom. The Bertz CT molecular complexity index is 1680. The minimum atomic E-state index is -0.983. The zero-order valence-electron chi connectivity index (χ0n) is 25.7. The van der Waals surface area contributed by atoms with E-state index in [1.54, 1.807) is 30.2 Å². The number of carboxylic acids is 1. The number of carboxylic acid groups (broad SMARTS) is 1. The second kappa shape index (κ2) is 14.6. The van der Waals surface area contributed by atoms with Gasteiger partial charge >= 0.3 is 5.97 Å². The van der Waals surface area contributed by atoms with Crippen molar-refractivity contribution in [3.05, 3.63) is 119 Å². The molecule has 0 radical (unpaired) electrons. The number of hydrogen-bond donors (Lipinski definition) is 1. The third kappa shape index (κ3) is 7.34. The van der Waals surface area contributed by atoms with E-state index in [-0.39, 0.29) is 24.8 Å². The quantitative estimate of drug-likeness (QED) is 0.209. The second-order valence-electron chi connectivity index (χ2n) is 10.9. The van der Waals surface area contributed by atoms with Gasteiger partial charge in [-0.05, 0) is 71.8 Å². The highest BCUT2D eigenvalue weighted by atomic mass is 16.5. The predicted molar refractivity (Wildman–Crippen MR) is 173 cm³/mol. The normalized spacial score (nSPS) is 12.3. The molecule has 0 aliphatic carbocycles. The van der Waals surface area contributed by atoms with E-state index in [1.165, 1.54) is 5.56 Å². The smallest absolute Gasteiger partial charge is 0.305 e. The predicted octanol–water partition coefficient (Wildman–Crippen LogP) is 6.12. The van der Waals surface area contributed by atoms with Crippen molar-refractivity contribution in [1.82, 2.24) is 9.80 Å². The molecule has 1 aliphatic rings. The van der Waals surface area contributed by atoms with Crippen molar-refractivity contribution in [3.63, 3.8) is 0 Å². The first-order chi connectivity index (χ1) is 21.9. The van der Waals surface area contributed by atoms with Gasteiger partial charge in [0.2, 0.25) is 0 Å². The standard InChI is InChI=1S/C37H38N2O6/c1-3-45-33-17-16-26(24-34(33)44-2)18-21-38(23-20-35(40)41)36(42)31-14-8-6-12-29(31)30-13-7-9-15-32(30)37(43)39-22-19-27-10-4-5-11-28(27)25-39/h4-17,24H,3,18-23,25H2,1-2H3,(H,40,41). The van der Waals surface area contributed by atoms with Crippen molar-refractivity contribution >= 4 is 17.8 Å². The third-order valence-corrected chi connectivity index (χ3v) is 8.10. The Labute approximate surface area is 263 Å². The van der Waals surface area contributed by atoms with Gasteiger partial charge in [-0.2, -0.15) is 0 Å². The fourth-order valence-corrected chi connectivity index (χ4v) is 5.77. The van der Waals surface area contributed by atoms with Crippen molar-refractivity contribution in [2.45, 2.75) is 32.7 Å². The molecule has 8 nitrogen and oxygen atoms in total. The Hall–Kier alpha value is -5.11. The van der Waals surface area contributed by atoms with Gasteiger partial charge in [0.1, 0.15) is 0 Å². The summed E-state index contributed by atoms with van der Waals surface area (Å²) in [5.41, 5.74) is 5.56. The summed E-state index contributed by atoms with van der Waals surface area (Å²) < 4.78 is 11.1. The lowest BCUT2D eigenvalue weighted by atomic mass is 9.93. The summed E-state index contributed by atoms with van der Waals surface area (Å²) in [5.74, 6) is -0.128. The summed E-state index contributed by atoms with van der Waals surface area (Å²) in [6.07, 6.45) is 1.09. The molecule has 8 heteroatoms. The van der Waals surface area contributed by atoms with Crippen LogP contribution in [0.2, 0.25) is 0 Å². The van der Waals surface area contributed by atoms with Crippen LogP contribution in [0.25, 0.3) is 11.1 Å². The highest BCUT2D eigenvalue weighted by Gasteiger charge is 2.26. The SMILES string of the molecule is CCOc1ccc(CCN(CCC(=O)O)C(=O)c2ccccc2-c2ccccc2C(=O)N2CCc3ccccc3C2)cc1OC. The summed E-state index contributed by atoms with van der Waals surface area (Å²) >= 11 is 0. The first-order valence-corrected chi connectivity index (χ1v) is 15.2. The van der Waals surface area contributed by atoms with Crippen LogP contribution in [0, 0.1) is 0 Å². The van der Waals surface area contributed by atoms with Crippen LogP contribution in [0.4, 0.5) is 0 Å². The average Bonchev–Trinajstić information content (AvgIpc) is 3.08. The number of benzene rings is 4. The summed E-state index contributed by atoms with van der Waals surface area (Å²) in [6.45, 7) is 3.90. The maximum absolute atomic E-state index is 14.1. The summed E-state index contributed by atoms with van der Waals surface area (Å²) in [4.78, 5) is 43.0. The summed E-state index contributed by atoms with van der Waals surface area (Å²) in [5, 5.41) is 9.45. The van der Waals surface area contributed by atoms with Gasteiger partial charge < -0.3 is 24.4 Å². The highest BCUT2D eigenvalue weighted by Crippen LogP contribution is 2.31. The lowest BCUT2D eigenvalue weighted by Crippen LogP contribution is -2.36. The molecule has 0 saturated carbocycles. The minimum absolute atomic E-state index is 0.0461. The molecule has 1 aliphatic heterocycles. The number of carbonyl (C=O) groups excluding carboxylic acids is 2. The van der Waals surface area contributed by atoms with Gasteiger partial charge in [-0.15, -0.1) is 0 Å². The maximum atomic E-state index is 14.1. The molecule has 232 valence electrons. The molecule has 0 saturated heterocycles. The molecule has 45 heavy (non-hydrogen) atoms. The van der Waals surface area contributed by atoms with Crippen LogP contribution in [0.3, 0.4) is 0 Å². The van der Waals surface area contributed by atoms with Gasteiger partial charge in [0.25, 0.3) is 11.8 Å². The monoisotopic (exact) mass is 606 g/mol. The topological polar surface area (TPSA) is 96.4 Å². The van der Waals surface area contributed by atoms with Gasteiger partial charge in [-0.25, -0.2) is 0 Å². The number of methoxy groups -OCH3 is 1. The Morgan fingerprint density at radius 1 is 0.822 bits per heavy atom. The Balaban J connectivity index is 1.42. The van der Waals surface area contributed by atoms with E-state index < -0.39 is 5.97 Å². The number of fused-ring (bicyclic) bond motifs is 1. The van der Waals surface area contributed by atoms with Crippen molar-refractivity contribution < 1.29 is 29.0 Å². The first-order valence-electron chi connectivity index (χ1n) is 15.2. The van der Waals surface area contributed by atoms with Crippen LogP contribution < -0.4 is 9.47 Å². The molecule has 1 N–H and O–H groups in total. The number of carbonyl (C=O) groups is 3. The van der Waals surface area contributed by atoms with Gasteiger partial charge in [0.05, 0.1) is 20.1 Å². The van der Waals surface area contributed by atoms with Crippen LogP contribution in [0.1, 0.15) is 50.8 Å². The van der Waals surface area contributed by atoms with Gasteiger partial charge in [-0.1, -0.05) is 66.7 Å². The number of amides is 2. The number of rotatable bonds is 12. The molecule has 0 fully saturated rings. The molecule has 0 atom stereocenters. The molecule has 0 unspecified atom stereocenters. The van der Waals surface area contributed by atoms with Crippen molar-refractivity contribution in [3.8, 4) is 22.6 Å². The molecule has 0 bridgehead atoms. The number of hydrogen-bond acceptors (Lipinski definition) is 5.